The van der Waals surface area contributed by atoms with Crippen LogP contribution in [0, 0.1) is 0 Å². The molecule has 1 fully saturated rings. The van der Waals surface area contributed by atoms with E-state index >= 15 is 0 Å². The van der Waals surface area contributed by atoms with E-state index in [1.54, 1.807) is 17.1 Å². The van der Waals surface area contributed by atoms with Crippen LogP contribution in [0.15, 0.2) is 36.8 Å². The fraction of sp³-hybridized carbons (Fsp3) is 0.429. The molecule has 3 aromatic rings. The first-order valence-corrected chi connectivity index (χ1v) is 9.76. The van der Waals surface area contributed by atoms with Crippen LogP contribution in [-0.4, -0.2) is 67.7 Å². The molecule has 4 rings (SSSR count). The van der Waals surface area contributed by atoms with Crippen LogP contribution in [0.1, 0.15) is 19.5 Å². The lowest BCUT2D eigenvalue weighted by atomic mass is 10.1. The van der Waals surface area contributed by atoms with Gasteiger partial charge < -0.3 is 4.90 Å². The average Bonchev–Trinajstić information content (AvgIpc) is 3.14. The normalized spacial score (nSPS) is 15.5. The maximum absolute atomic E-state index is 12.7. The van der Waals surface area contributed by atoms with Crippen molar-refractivity contribution in [2.24, 2.45) is 7.05 Å². The van der Waals surface area contributed by atoms with Gasteiger partial charge in [-0.2, -0.15) is 5.10 Å². The van der Waals surface area contributed by atoms with E-state index in [1.807, 2.05) is 36.3 Å². The number of piperazine rings is 1. The van der Waals surface area contributed by atoms with Crippen molar-refractivity contribution >= 4 is 16.8 Å². The third kappa shape index (κ3) is 3.89. The Kier molecular flexibility index (Phi) is 5.09. The molecule has 1 aliphatic heterocycles. The summed E-state index contributed by atoms with van der Waals surface area (Å²) in [7, 11) is 1.89. The predicted molar refractivity (Wildman–Crippen MR) is 109 cm³/mol. The molecule has 0 atom stereocenters. The fourth-order valence-corrected chi connectivity index (χ4v) is 3.62. The molecule has 3 aromatic heterocycles. The standard InChI is InChI=1S/C21H26N6O/c1-15(2)26-6-8-27(9-7-26)21(28)11-18-10-20-16(12-22-18)4-5-19(24-20)17-13-23-25(3)14-17/h4-5,10,12-15H,6-9,11H2,1-3H3. The highest BCUT2D eigenvalue weighted by molar-refractivity contribution is 5.83. The molecule has 7 nitrogen and oxygen atoms in total. The minimum Gasteiger partial charge on any atom is -0.340 e. The molecular formula is C21H26N6O. The summed E-state index contributed by atoms with van der Waals surface area (Å²) >= 11 is 0. The topological polar surface area (TPSA) is 67.2 Å². The lowest BCUT2D eigenvalue weighted by Crippen LogP contribution is -2.51. The quantitative estimate of drug-likeness (QED) is 0.696. The van der Waals surface area contributed by atoms with E-state index in [1.165, 1.54) is 0 Å². The van der Waals surface area contributed by atoms with E-state index in [4.69, 9.17) is 4.98 Å². The van der Waals surface area contributed by atoms with E-state index in [2.05, 4.69) is 28.8 Å². The molecule has 0 bridgehead atoms. The SMILES string of the molecule is CC(C)N1CCN(C(=O)Cc2cc3nc(-c4cnn(C)c4)ccc3cn2)CC1. The zero-order valence-electron chi connectivity index (χ0n) is 16.7. The summed E-state index contributed by atoms with van der Waals surface area (Å²) in [6, 6.07) is 6.44. The first-order chi connectivity index (χ1) is 13.5. The van der Waals surface area contributed by atoms with Gasteiger partial charge in [0.2, 0.25) is 5.91 Å². The molecule has 0 unspecified atom stereocenters. The Labute approximate surface area is 165 Å². The monoisotopic (exact) mass is 378 g/mol. The Morgan fingerprint density at radius 1 is 1.14 bits per heavy atom. The first kappa shape index (κ1) is 18.6. The summed E-state index contributed by atoms with van der Waals surface area (Å²) in [5.74, 6) is 0.138. The molecule has 0 N–H and O–H groups in total. The van der Waals surface area contributed by atoms with E-state index in [9.17, 15) is 4.79 Å². The van der Waals surface area contributed by atoms with Crippen LogP contribution in [0.2, 0.25) is 0 Å². The Morgan fingerprint density at radius 3 is 2.61 bits per heavy atom. The van der Waals surface area contributed by atoms with Crippen molar-refractivity contribution in [1.29, 1.82) is 0 Å². The number of fused-ring (bicyclic) bond motifs is 1. The van der Waals surface area contributed by atoms with Crippen LogP contribution >= 0.6 is 0 Å². The summed E-state index contributed by atoms with van der Waals surface area (Å²) in [4.78, 5) is 26.3. The number of nitrogens with zero attached hydrogens (tertiary/aromatic N) is 6. The molecule has 7 heteroatoms. The third-order valence-electron chi connectivity index (χ3n) is 5.36. The summed E-state index contributed by atoms with van der Waals surface area (Å²) in [5, 5.41) is 5.18. The molecule has 1 aliphatic rings. The van der Waals surface area contributed by atoms with Crippen molar-refractivity contribution < 1.29 is 4.79 Å². The van der Waals surface area contributed by atoms with Crippen molar-refractivity contribution in [2.75, 3.05) is 26.2 Å². The summed E-state index contributed by atoms with van der Waals surface area (Å²) < 4.78 is 1.76. The van der Waals surface area contributed by atoms with Gasteiger partial charge in [0.05, 0.1) is 29.5 Å². The summed E-state index contributed by atoms with van der Waals surface area (Å²) in [6.45, 7) is 7.84. The van der Waals surface area contributed by atoms with Crippen molar-refractivity contribution in [3.63, 3.8) is 0 Å². The lowest BCUT2D eigenvalue weighted by Gasteiger charge is -2.36. The van der Waals surface area contributed by atoms with Gasteiger partial charge in [0.1, 0.15) is 0 Å². The maximum Gasteiger partial charge on any atom is 0.228 e. The van der Waals surface area contributed by atoms with E-state index < -0.39 is 0 Å². The smallest absolute Gasteiger partial charge is 0.228 e. The van der Waals surface area contributed by atoms with Crippen molar-refractivity contribution in [3.05, 3.63) is 42.5 Å². The van der Waals surface area contributed by atoms with Gasteiger partial charge in [0, 0.05) is 62.6 Å². The van der Waals surface area contributed by atoms with Crippen LogP contribution in [0.4, 0.5) is 0 Å². The summed E-state index contributed by atoms with van der Waals surface area (Å²) in [5.41, 5.74) is 3.46. The highest BCUT2D eigenvalue weighted by Gasteiger charge is 2.22. The van der Waals surface area contributed by atoms with Crippen molar-refractivity contribution in [3.8, 4) is 11.3 Å². The Bertz CT molecular complexity index is 987. The number of rotatable bonds is 4. The van der Waals surface area contributed by atoms with Gasteiger partial charge in [-0.25, -0.2) is 4.98 Å². The molecule has 146 valence electrons. The number of aromatic nitrogens is 4. The van der Waals surface area contributed by atoms with Gasteiger partial charge in [-0.3, -0.25) is 19.4 Å². The molecule has 1 amide bonds. The molecule has 0 saturated carbocycles. The van der Waals surface area contributed by atoms with Crippen molar-refractivity contribution in [1.82, 2.24) is 29.5 Å². The second-order valence-electron chi connectivity index (χ2n) is 7.65. The molecule has 0 aliphatic carbocycles. The molecule has 28 heavy (non-hydrogen) atoms. The maximum atomic E-state index is 12.7. The largest absolute Gasteiger partial charge is 0.340 e. The number of hydrogen-bond donors (Lipinski definition) is 0. The van der Waals surface area contributed by atoms with Gasteiger partial charge in [0.15, 0.2) is 0 Å². The average molecular weight is 378 g/mol. The third-order valence-corrected chi connectivity index (χ3v) is 5.36. The van der Waals surface area contributed by atoms with Crippen LogP contribution in [0.5, 0.6) is 0 Å². The Hall–Kier alpha value is -2.80. The van der Waals surface area contributed by atoms with Gasteiger partial charge >= 0.3 is 0 Å². The zero-order chi connectivity index (χ0) is 19.7. The number of carbonyl (C=O) groups is 1. The van der Waals surface area contributed by atoms with E-state index in [-0.39, 0.29) is 5.91 Å². The minimum absolute atomic E-state index is 0.138. The highest BCUT2D eigenvalue weighted by atomic mass is 16.2. The fourth-order valence-electron chi connectivity index (χ4n) is 3.62. The Morgan fingerprint density at radius 2 is 1.93 bits per heavy atom. The number of aryl methyl sites for hydroxylation is 1. The van der Waals surface area contributed by atoms with E-state index in [0.717, 1.165) is 54.0 Å². The predicted octanol–water partition coefficient (Wildman–Crippen LogP) is 2.13. The number of amides is 1. The Balaban J connectivity index is 1.49. The summed E-state index contributed by atoms with van der Waals surface area (Å²) in [6.07, 6.45) is 5.86. The molecule has 0 radical (unpaired) electrons. The highest BCUT2D eigenvalue weighted by Crippen LogP contribution is 2.21. The number of carbonyl (C=O) groups excluding carboxylic acids is 1. The van der Waals surface area contributed by atoms with Crippen LogP contribution in [0.3, 0.4) is 0 Å². The van der Waals surface area contributed by atoms with Gasteiger partial charge in [-0.05, 0) is 32.0 Å². The van der Waals surface area contributed by atoms with Crippen molar-refractivity contribution in [2.45, 2.75) is 26.3 Å². The number of pyridine rings is 2. The first-order valence-electron chi connectivity index (χ1n) is 9.76. The second-order valence-corrected chi connectivity index (χ2v) is 7.65. The molecule has 4 heterocycles. The van der Waals surface area contributed by atoms with Gasteiger partial charge in [0.25, 0.3) is 0 Å². The van der Waals surface area contributed by atoms with Gasteiger partial charge in [-0.1, -0.05) is 0 Å². The van der Waals surface area contributed by atoms with Crippen LogP contribution in [-0.2, 0) is 18.3 Å². The number of hydrogen-bond acceptors (Lipinski definition) is 5. The molecule has 0 aromatic carbocycles. The minimum atomic E-state index is 0.138. The lowest BCUT2D eigenvalue weighted by molar-refractivity contribution is -0.132. The molecule has 0 spiro atoms. The molecule has 1 saturated heterocycles. The van der Waals surface area contributed by atoms with E-state index in [0.29, 0.717) is 12.5 Å². The van der Waals surface area contributed by atoms with Crippen LogP contribution in [0.25, 0.3) is 22.2 Å². The zero-order valence-corrected chi connectivity index (χ0v) is 16.7. The molecular weight excluding hydrogens is 352 g/mol. The van der Waals surface area contributed by atoms with Gasteiger partial charge in [-0.15, -0.1) is 0 Å². The van der Waals surface area contributed by atoms with Crippen LogP contribution < -0.4 is 0 Å². The second kappa shape index (κ2) is 7.67.